The van der Waals surface area contributed by atoms with E-state index in [1.165, 1.54) is 5.56 Å². The van der Waals surface area contributed by atoms with Gasteiger partial charge in [-0.2, -0.15) is 0 Å². The topological polar surface area (TPSA) is 29.1 Å². The van der Waals surface area contributed by atoms with Gasteiger partial charge in [-0.15, -0.1) is 11.8 Å². The minimum Gasteiger partial charge on any atom is -0.325 e. The molecule has 3 heteroatoms. The molecule has 0 heterocycles. The molecule has 0 bridgehead atoms. The lowest BCUT2D eigenvalue weighted by Crippen LogP contribution is -2.22. The van der Waals surface area contributed by atoms with E-state index in [1.807, 2.05) is 38.1 Å². The van der Waals surface area contributed by atoms with Crippen LogP contribution in [0.5, 0.6) is 0 Å². The summed E-state index contributed by atoms with van der Waals surface area (Å²) < 4.78 is 0. The van der Waals surface area contributed by atoms with Crippen molar-refractivity contribution in [2.24, 2.45) is 0 Å². The molecule has 1 amide bonds. The van der Waals surface area contributed by atoms with Gasteiger partial charge in [-0.25, -0.2) is 0 Å². The van der Waals surface area contributed by atoms with Crippen LogP contribution in [0, 0.1) is 13.8 Å². The van der Waals surface area contributed by atoms with E-state index in [0.29, 0.717) is 0 Å². The Morgan fingerprint density at radius 2 is 1.70 bits per heavy atom. The van der Waals surface area contributed by atoms with E-state index in [-0.39, 0.29) is 11.2 Å². The molecular weight excluding hydrogens is 266 g/mol. The zero-order valence-corrected chi connectivity index (χ0v) is 12.8. The van der Waals surface area contributed by atoms with Gasteiger partial charge in [-0.1, -0.05) is 35.9 Å². The summed E-state index contributed by atoms with van der Waals surface area (Å²) in [7, 11) is 0. The van der Waals surface area contributed by atoms with Crippen LogP contribution in [-0.4, -0.2) is 11.2 Å². The van der Waals surface area contributed by atoms with Crippen LogP contribution in [-0.2, 0) is 4.79 Å². The lowest BCUT2D eigenvalue weighted by Gasteiger charge is -2.13. The number of carbonyl (C=O) groups is 1. The van der Waals surface area contributed by atoms with Gasteiger partial charge < -0.3 is 5.32 Å². The summed E-state index contributed by atoms with van der Waals surface area (Å²) in [4.78, 5) is 13.3. The van der Waals surface area contributed by atoms with Crippen LogP contribution in [0.4, 0.5) is 5.69 Å². The van der Waals surface area contributed by atoms with Gasteiger partial charge in [0.25, 0.3) is 0 Å². The molecule has 0 aliphatic rings. The van der Waals surface area contributed by atoms with Crippen molar-refractivity contribution >= 4 is 23.4 Å². The quantitative estimate of drug-likeness (QED) is 0.842. The van der Waals surface area contributed by atoms with E-state index < -0.39 is 0 Å². The lowest BCUT2D eigenvalue weighted by molar-refractivity contribution is -0.115. The molecule has 0 radical (unpaired) electrons. The Balaban J connectivity index is 1.99. The predicted molar refractivity (Wildman–Crippen MR) is 86.3 cm³/mol. The number of carbonyl (C=O) groups excluding carboxylic acids is 1. The summed E-state index contributed by atoms with van der Waals surface area (Å²) in [6.45, 7) is 5.98. The maximum absolute atomic E-state index is 12.2. The summed E-state index contributed by atoms with van der Waals surface area (Å²) in [6, 6.07) is 16.1. The van der Waals surface area contributed by atoms with Gasteiger partial charge in [0.2, 0.25) is 5.91 Å². The molecule has 1 unspecified atom stereocenters. The zero-order chi connectivity index (χ0) is 14.5. The molecule has 2 aromatic rings. The second-order valence-corrected chi connectivity index (χ2v) is 6.29. The molecule has 1 atom stereocenters. The first-order valence-electron chi connectivity index (χ1n) is 6.66. The highest BCUT2D eigenvalue weighted by atomic mass is 32.2. The Labute approximate surface area is 124 Å². The van der Waals surface area contributed by atoms with Crippen LogP contribution >= 0.6 is 11.8 Å². The van der Waals surface area contributed by atoms with E-state index in [9.17, 15) is 4.79 Å². The minimum absolute atomic E-state index is 0.0323. The number of hydrogen-bond acceptors (Lipinski definition) is 2. The number of para-hydroxylation sites is 1. The maximum atomic E-state index is 12.2. The Morgan fingerprint density at radius 3 is 2.35 bits per heavy atom. The molecule has 20 heavy (non-hydrogen) atoms. The van der Waals surface area contributed by atoms with Crippen molar-refractivity contribution in [2.75, 3.05) is 5.32 Å². The summed E-state index contributed by atoms with van der Waals surface area (Å²) in [5.74, 6) is 0.0323. The van der Waals surface area contributed by atoms with E-state index in [1.54, 1.807) is 11.8 Å². The largest absolute Gasteiger partial charge is 0.325 e. The number of amides is 1. The van der Waals surface area contributed by atoms with Gasteiger partial charge in [0.05, 0.1) is 5.25 Å². The van der Waals surface area contributed by atoms with Crippen molar-refractivity contribution in [1.82, 2.24) is 0 Å². The Hall–Kier alpha value is -1.74. The highest BCUT2D eigenvalue weighted by molar-refractivity contribution is 8.00. The highest BCUT2D eigenvalue weighted by Gasteiger charge is 2.15. The Bertz CT molecular complexity index is 592. The van der Waals surface area contributed by atoms with Crippen LogP contribution in [0.15, 0.2) is 53.4 Å². The number of hydrogen-bond donors (Lipinski definition) is 1. The van der Waals surface area contributed by atoms with Gasteiger partial charge in [-0.3, -0.25) is 4.79 Å². The zero-order valence-electron chi connectivity index (χ0n) is 12.0. The number of rotatable bonds is 4. The van der Waals surface area contributed by atoms with Gasteiger partial charge >= 0.3 is 0 Å². The molecule has 0 saturated carbocycles. The van der Waals surface area contributed by atoms with Crippen molar-refractivity contribution in [1.29, 1.82) is 0 Å². The van der Waals surface area contributed by atoms with Gasteiger partial charge in [0, 0.05) is 10.6 Å². The van der Waals surface area contributed by atoms with Crippen molar-refractivity contribution in [3.8, 4) is 0 Å². The van der Waals surface area contributed by atoms with Crippen molar-refractivity contribution in [3.63, 3.8) is 0 Å². The summed E-state index contributed by atoms with van der Waals surface area (Å²) in [5.41, 5.74) is 3.19. The fourth-order valence-corrected chi connectivity index (χ4v) is 2.69. The van der Waals surface area contributed by atoms with E-state index in [2.05, 4.69) is 36.5 Å². The monoisotopic (exact) mass is 285 g/mol. The highest BCUT2D eigenvalue weighted by Crippen LogP contribution is 2.25. The summed E-state index contributed by atoms with van der Waals surface area (Å²) in [5, 5.41) is 2.85. The molecule has 2 nitrogen and oxygen atoms in total. The van der Waals surface area contributed by atoms with E-state index in [0.717, 1.165) is 16.1 Å². The number of benzene rings is 2. The third-order valence-corrected chi connectivity index (χ3v) is 4.22. The van der Waals surface area contributed by atoms with Gasteiger partial charge in [0.15, 0.2) is 0 Å². The van der Waals surface area contributed by atoms with Crippen molar-refractivity contribution in [2.45, 2.75) is 30.9 Å². The molecule has 0 fully saturated rings. The molecule has 2 rings (SSSR count). The SMILES string of the molecule is Cc1ccc(SC(C)C(=O)Nc2ccccc2C)cc1. The Morgan fingerprint density at radius 1 is 1.05 bits per heavy atom. The Kier molecular flexibility index (Phi) is 4.85. The number of thioether (sulfide) groups is 1. The fourth-order valence-electron chi connectivity index (χ4n) is 1.82. The summed E-state index contributed by atoms with van der Waals surface area (Å²) in [6.07, 6.45) is 0. The lowest BCUT2D eigenvalue weighted by atomic mass is 10.2. The molecule has 0 aromatic heterocycles. The summed E-state index contributed by atoms with van der Waals surface area (Å²) >= 11 is 1.57. The number of aryl methyl sites for hydroxylation is 2. The molecular formula is C17H19NOS. The van der Waals surface area contributed by atoms with Crippen LogP contribution in [0.3, 0.4) is 0 Å². The number of anilines is 1. The third-order valence-electron chi connectivity index (χ3n) is 3.11. The van der Waals surface area contributed by atoms with Crippen molar-refractivity contribution < 1.29 is 4.79 Å². The first-order valence-corrected chi connectivity index (χ1v) is 7.54. The molecule has 1 N–H and O–H groups in total. The average molecular weight is 285 g/mol. The van der Waals surface area contributed by atoms with Crippen LogP contribution in [0.25, 0.3) is 0 Å². The number of nitrogens with one attached hydrogen (secondary N) is 1. The third kappa shape index (κ3) is 3.87. The van der Waals surface area contributed by atoms with Gasteiger partial charge in [-0.05, 0) is 44.5 Å². The van der Waals surface area contributed by atoms with Crippen molar-refractivity contribution in [3.05, 3.63) is 59.7 Å². The first kappa shape index (κ1) is 14.7. The minimum atomic E-state index is -0.127. The normalized spacial score (nSPS) is 11.9. The molecule has 0 spiro atoms. The molecule has 0 saturated heterocycles. The predicted octanol–water partition coefficient (Wildman–Crippen LogP) is 4.42. The average Bonchev–Trinajstić information content (AvgIpc) is 2.44. The van der Waals surface area contributed by atoms with Crippen LogP contribution < -0.4 is 5.32 Å². The molecule has 104 valence electrons. The van der Waals surface area contributed by atoms with E-state index >= 15 is 0 Å². The first-order chi connectivity index (χ1) is 9.56. The molecule has 0 aliphatic heterocycles. The molecule has 2 aromatic carbocycles. The fraction of sp³-hybridized carbons (Fsp3) is 0.235. The van der Waals surface area contributed by atoms with E-state index in [4.69, 9.17) is 0 Å². The smallest absolute Gasteiger partial charge is 0.237 e. The second-order valence-electron chi connectivity index (χ2n) is 4.88. The molecule has 0 aliphatic carbocycles. The maximum Gasteiger partial charge on any atom is 0.237 e. The standard InChI is InChI=1S/C17H19NOS/c1-12-8-10-15(11-9-12)20-14(3)17(19)18-16-7-5-4-6-13(16)2/h4-11,14H,1-3H3,(H,18,19). The second kappa shape index (κ2) is 6.62. The van der Waals surface area contributed by atoms with Gasteiger partial charge in [0.1, 0.15) is 0 Å². The van der Waals surface area contributed by atoms with Crippen LogP contribution in [0.2, 0.25) is 0 Å². The van der Waals surface area contributed by atoms with Crippen LogP contribution in [0.1, 0.15) is 18.1 Å².